The number of carbonyl (C=O) groups excluding carboxylic acids is 2. The van der Waals surface area contributed by atoms with Crippen LogP contribution in [-0.4, -0.2) is 17.0 Å². The van der Waals surface area contributed by atoms with E-state index in [0.717, 1.165) is 5.56 Å². The van der Waals surface area contributed by atoms with E-state index in [1.165, 1.54) is 6.08 Å². The molecule has 3 aromatic rings. The van der Waals surface area contributed by atoms with Gasteiger partial charge in [-0.3, -0.25) is 4.79 Å². The lowest BCUT2D eigenvalue weighted by Gasteiger charge is -2.05. The lowest BCUT2D eigenvalue weighted by Crippen LogP contribution is -2.13. The molecule has 3 rings (SSSR count). The van der Waals surface area contributed by atoms with Crippen molar-refractivity contribution >= 4 is 23.8 Å². The Hall–Kier alpha value is -4.18. The molecule has 0 fully saturated rings. The Kier molecular flexibility index (Phi) is 5.85. The van der Waals surface area contributed by atoms with Crippen LogP contribution in [0.15, 0.2) is 64.7 Å². The van der Waals surface area contributed by atoms with Gasteiger partial charge in [0.05, 0.1) is 5.56 Å². The van der Waals surface area contributed by atoms with Crippen molar-refractivity contribution in [3.8, 4) is 11.8 Å². The van der Waals surface area contributed by atoms with Gasteiger partial charge in [0.25, 0.3) is 5.91 Å². The Morgan fingerprint density at radius 3 is 2.38 bits per heavy atom. The third kappa shape index (κ3) is 5.17. The summed E-state index contributed by atoms with van der Waals surface area (Å²) >= 11 is 0. The van der Waals surface area contributed by atoms with Crippen molar-refractivity contribution in [2.75, 3.05) is 5.32 Å². The molecule has 1 amide bonds. The highest BCUT2D eigenvalue weighted by Crippen LogP contribution is 2.17. The van der Waals surface area contributed by atoms with Gasteiger partial charge in [-0.05, 0) is 49.8 Å². The van der Waals surface area contributed by atoms with E-state index in [4.69, 9.17) is 9.26 Å². The molecule has 0 unspecified atom stereocenters. The van der Waals surface area contributed by atoms with Crippen molar-refractivity contribution in [3.63, 3.8) is 0 Å². The summed E-state index contributed by atoms with van der Waals surface area (Å²) in [6.45, 7) is 3.63. The van der Waals surface area contributed by atoms with Gasteiger partial charge in [0, 0.05) is 6.07 Å². The molecule has 0 saturated heterocycles. The molecular weight excluding hydrogens is 370 g/mol. The van der Waals surface area contributed by atoms with E-state index in [9.17, 15) is 14.9 Å². The van der Waals surface area contributed by atoms with Gasteiger partial charge in [-0.15, -0.1) is 0 Å². The minimum atomic E-state index is -0.601. The SMILES string of the molecule is Cc1ccc(C(=O)Oc2ccc(/C=C(/C#N)C(=O)Nc3cc(C)on3)cc2)cc1. The molecule has 7 nitrogen and oxygen atoms in total. The second-order valence-electron chi connectivity index (χ2n) is 6.27. The van der Waals surface area contributed by atoms with Crippen LogP contribution in [-0.2, 0) is 4.79 Å². The number of esters is 1. The average molecular weight is 387 g/mol. The number of aryl methyl sites for hydroxylation is 2. The van der Waals surface area contributed by atoms with E-state index in [1.807, 2.05) is 25.1 Å². The summed E-state index contributed by atoms with van der Waals surface area (Å²) in [5.41, 5.74) is 2.00. The minimum absolute atomic E-state index is 0.102. The molecule has 1 aromatic heterocycles. The van der Waals surface area contributed by atoms with E-state index < -0.39 is 11.9 Å². The highest BCUT2D eigenvalue weighted by atomic mass is 16.5. The Bertz CT molecular complexity index is 1100. The normalized spacial score (nSPS) is 10.9. The van der Waals surface area contributed by atoms with Gasteiger partial charge in [-0.1, -0.05) is 35.0 Å². The smallest absolute Gasteiger partial charge is 0.343 e. The second-order valence-corrected chi connectivity index (χ2v) is 6.27. The van der Waals surface area contributed by atoms with Crippen LogP contribution < -0.4 is 10.1 Å². The van der Waals surface area contributed by atoms with E-state index in [2.05, 4.69) is 10.5 Å². The first-order valence-corrected chi connectivity index (χ1v) is 8.70. The van der Waals surface area contributed by atoms with E-state index in [0.29, 0.717) is 22.6 Å². The van der Waals surface area contributed by atoms with E-state index in [1.54, 1.807) is 49.4 Å². The topological polar surface area (TPSA) is 105 Å². The number of nitriles is 1. The number of hydrogen-bond acceptors (Lipinski definition) is 6. The number of hydrogen-bond donors (Lipinski definition) is 1. The van der Waals surface area contributed by atoms with Crippen LogP contribution in [0.5, 0.6) is 5.75 Å². The van der Waals surface area contributed by atoms with Crippen LogP contribution >= 0.6 is 0 Å². The number of benzene rings is 2. The van der Waals surface area contributed by atoms with Crippen LogP contribution in [0.3, 0.4) is 0 Å². The summed E-state index contributed by atoms with van der Waals surface area (Å²) in [5, 5.41) is 15.4. The van der Waals surface area contributed by atoms with Gasteiger partial charge >= 0.3 is 5.97 Å². The molecule has 0 saturated carbocycles. The van der Waals surface area contributed by atoms with Crippen LogP contribution in [0.25, 0.3) is 6.08 Å². The predicted molar refractivity (Wildman–Crippen MR) is 106 cm³/mol. The Labute approximate surface area is 167 Å². The standard InChI is InChI=1S/C22H17N3O4/c1-14-3-7-17(8-4-14)22(27)28-19-9-5-16(6-10-19)12-18(13-23)21(26)24-20-11-15(2)29-25-20/h3-12H,1-2H3,(H,24,25,26)/b18-12-. The number of nitrogens with one attached hydrogen (secondary N) is 1. The lowest BCUT2D eigenvalue weighted by molar-refractivity contribution is -0.112. The fraction of sp³-hybridized carbons (Fsp3) is 0.0909. The molecule has 0 atom stereocenters. The van der Waals surface area contributed by atoms with Crippen molar-refractivity contribution in [2.45, 2.75) is 13.8 Å². The Morgan fingerprint density at radius 2 is 1.79 bits per heavy atom. The number of ether oxygens (including phenoxy) is 1. The summed E-state index contributed by atoms with van der Waals surface area (Å²) in [6, 6.07) is 16.9. The molecule has 144 valence electrons. The van der Waals surface area contributed by atoms with Crippen molar-refractivity contribution in [1.82, 2.24) is 5.16 Å². The molecule has 0 aliphatic rings. The zero-order chi connectivity index (χ0) is 20.8. The van der Waals surface area contributed by atoms with Crippen molar-refractivity contribution in [2.24, 2.45) is 0 Å². The monoisotopic (exact) mass is 387 g/mol. The van der Waals surface area contributed by atoms with E-state index >= 15 is 0 Å². The van der Waals surface area contributed by atoms with Gasteiger partial charge in [-0.2, -0.15) is 5.26 Å². The first kappa shape index (κ1) is 19.6. The number of amides is 1. The molecule has 0 radical (unpaired) electrons. The maximum atomic E-state index is 12.2. The maximum absolute atomic E-state index is 12.2. The Morgan fingerprint density at radius 1 is 1.10 bits per heavy atom. The number of rotatable bonds is 5. The maximum Gasteiger partial charge on any atom is 0.343 e. The molecule has 0 bridgehead atoms. The summed E-state index contributed by atoms with van der Waals surface area (Å²) < 4.78 is 10.2. The third-order valence-corrected chi connectivity index (χ3v) is 3.92. The van der Waals surface area contributed by atoms with E-state index in [-0.39, 0.29) is 11.4 Å². The molecular formula is C22H17N3O4. The molecule has 1 heterocycles. The summed E-state index contributed by atoms with van der Waals surface area (Å²) in [5.74, 6) is 0.0586. The van der Waals surface area contributed by atoms with Gasteiger partial charge in [0.15, 0.2) is 5.82 Å². The van der Waals surface area contributed by atoms with Gasteiger partial charge in [-0.25, -0.2) is 4.79 Å². The van der Waals surface area contributed by atoms with Crippen molar-refractivity contribution in [3.05, 3.63) is 82.6 Å². The van der Waals surface area contributed by atoms with Crippen LogP contribution in [0.2, 0.25) is 0 Å². The molecule has 2 aromatic carbocycles. The Balaban J connectivity index is 1.68. The molecule has 0 aliphatic heterocycles. The summed E-state index contributed by atoms with van der Waals surface area (Å²) in [6.07, 6.45) is 1.42. The molecule has 29 heavy (non-hydrogen) atoms. The lowest BCUT2D eigenvalue weighted by atomic mass is 10.1. The number of carbonyl (C=O) groups is 2. The highest BCUT2D eigenvalue weighted by molar-refractivity contribution is 6.09. The predicted octanol–water partition coefficient (Wildman–Crippen LogP) is 4.06. The fourth-order valence-electron chi connectivity index (χ4n) is 2.41. The fourth-order valence-corrected chi connectivity index (χ4v) is 2.41. The zero-order valence-electron chi connectivity index (χ0n) is 15.8. The largest absolute Gasteiger partial charge is 0.423 e. The van der Waals surface area contributed by atoms with Gasteiger partial charge < -0.3 is 14.6 Å². The molecule has 1 N–H and O–H groups in total. The van der Waals surface area contributed by atoms with Crippen molar-refractivity contribution < 1.29 is 18.8 Å². The summed E-state index contributed by atoms with van der Waals surface area (Å²) in [4.78, 5) is 24.4. The number of nitrogens with zero attached hydrogens (tertiary/aromatic N) is 2. The number of aromatic nitrogens is 1. The first-order chi connectivity index (χ1) is 13.9. The van der Waals surface area contributed by atoms with Gasteiger partial charge in [0.2, 0.25) is 0 Å². The van der Waals surface area contributed by atoms with Crippen molar-refractivity contribution in [1.29, 1.82) is 5.26 Å². The zero-order valence-corrected chi connectivity index (χ0v) is 15.8. The highest BCUT2D eigenvalue weighted by Gasteiger charge is 2.12. The third-order valence-electron chi connectivity index (χ3n) is 3.92. The average Bonchev–Trinajstić information content (AvgIpc) is 3.12. The number of anilines is 1. The summed E-state index contributed by atoms with van der Waals surface area (Å²) in [7, 11) is 0. The van der Waals surface area contributed by atoms with Crippen LogP contribution in [0, 0.1) is 25.2 Å². The second kappa shape index (κ2) is 8.67. The molecule has 0 spiro atoms. The molecule has 0 aliphatic carbocycles. The quantitative estimate of drug-likeness (QED) is 0.306. The first-order valence-electron chi connectivity index (χ1n) is 8.70. The van der Waals surface area contributed by atoms with Crippen LogP contribution in [0.1, 0.15) is 27.2 Å². The van der Waals surface area contributed by atoms with Gasteiger partial charge in [0.1, 0.15) is 23.2 Å². The van der Waals surface area contributed by atoms with Crippen LogP contribution in [0.4, 0.5) is 5.82 Å². The minimum Gasteiger partial charge on any atom is -0.423 e. The molecule has 7 heteroatoms.